The molecule has 0 bridgehead atoms. The number of hydrogen-bond acceptors (Lipinski definition) is 2. The number of allylic oxidation sites excluding steroid dienone is 3. The molecule has 1 amide bonds. The van der Waals surface area contributed by atoms with Gasteiger partial charge in [0.1, 0.15) is 0 Å². The van der Waals surface area contributed by atoms with Gasteiger partial charge in [-0.05, 0) is 25.7 Å². The maximum Gasteiger partial charge on any atom is 0.307 e. The van der Waals surface area contributed by atoms with Crippen molar-refractivity contribution in [1.82, 2.24) is 4.90 Å². The van der Waals surface area contributed by atoms with Crippen LogP contribution in [0.4, 0.5) is 0 Å². The van der Waals surface area contributed by atoms with Crippen molar-refractivity contribution < 1.29 is 14.7 Å². The Kier molecular flexibility index (Phi) is 5.62. The second-order valence-corrected chi connectivity index (χ2v) is 4.68. The van der Waals surface area contributed by atoms with E-state index in [-0.39, 0.29) is 5.91 Å². The van der Waals surface area contributed by atoms with Gasteiger partial charge in [0.05, 0.1) is 11.8 Å². The van der Waals surface area contributed by atoms with E-state index in [1.54, 1.807) is 11.9 Å². The summed E-state index contributed by atoms with van der Waals surface area (Å²) in [6, 6.07) is 0. The van der Waals surface area contributed by atoms with Crippen LogP contribution in [0, 0.1) is 11.8 Å². The molecule has 0 aromatic carbocycles. The van der Waals surface area contributed by atoms with Gasteiger partial charge in [-0.25, -0.2) is 0 Å². The Bertz CT molecular complexity index is 349. The summed E-state index contributed by atoms with van der Waals surface area (Å²) in [5.74, 6) is -1.93. The number of carboxylic acid groups (broad SMARTS) is 1. The van der Waals surface area contributed by atoms with Crippen LogP contribution in [-0.2, 0) is 9.59 Å². The van der Waals surface area contributed by atoms with Crippen molar-refractivity contribution in [3.8, 4) is 0 Å². The molecule has 1 rings (SSSR count). The van der Waals surface area contributed by atoms with Crippen molar-refractivity contribution in [3.05, 3.63) is 24.8 Å². The van der Waals surface area contributed by atoms with Gasteiger partial charge in [-0.15, -0.1) is 6.58 Å². The molecule has 2 atom stereocenters. The Hall–Kier alpha value is -1.58. The van der Waals surface area contributed by atoms with Crippen LogP contribution in [0.1, 0.15) is 25.7 Å². The molecule has 4 nitrogen and oxygen atoms in total. The van der Waals surface area contributed by atoms with Crippen LogP contribution in [0.15, 0.2) is 24.8 Å². The molecule has 1 aliphatic carbocycles. The summed E-state index contributed by atoms with van der Waals surface area (Å²) in [5.41, 5.74) is 0. The number of nitrogens with zero attached hydrogens (tertiary/aromatic N) is 1. The van der Waals surface area contributed by atoms with Gasteiger partial charge in [0, 0.05) is 13.6 Å². The van der Waals surface area contributed by atoms with E-state index in [9.17, 15) is 9.59 Å². The third-order valence-electron chi connectivity index (χ3n) is 3.34. The van der Waals surface area contributed by atoms with Crippen molar-refractivity contribution in [2.45, 2.75) is 25.7 Å². The predicted octanol–water partition coefficient (Wildman–Crippen LogP) is 2.08. The van der Waals surface area contributed by atoms with Crippen molar-refractivity contribution in [1.29, 1.82) is 0 Å². The molecule has 0 fully saturated rings. The van der Waals surface area contributed by atoms with E-state index in [1.807, 2.05) is 18.2 Å². The van der Waals surface area contributed by atoms with Crippen molar-refractivity contribution in [2.24, 2.45) is 11.8 Å². The number of carbonyl (C=O) groups is 2. The number of rotatable bonds is 6. The van der Waals surface area contributed by atoms with Crippen molar-refractivity contribution >= 4 is 11.9 Å². The molecule has 1 N–H and O–H groups in total. The van der Waals surface area contributed by atoms with E-state index in [1.165, 1.54) is 0 Å². The highest BCUT2D eigenvalue weighted by atomic mass is 16.4. The zero-order chi connectivity index (χ0) is 13.5. The van der Waals surface area contributed by atoms with Crippen LogP contribution in [0.3, 0.4) is 0 Å². The van der Waals surface area contributed by atoms with Crippen molar-refractivity contribution in [3.63, 3.8) is 0 Å². The Balaban J connectivity index is 2.60. The van der Waals surface area contributed by atoms with Crippen LogP contribution in [0.5, 0.6) is 0 Å². The number of aliphatic carboxylic acids is 1. The molecule has 0 aliphatic heterocycles. The molecule has 100 valence electrons. The Morgan fingerprint density at radius 2 is 2.00 bits per heavy atom. The molecule has 2 unspecified atom stereocenters. The van der Waals surface area contributed by atoms with Gasteiger partial charge >= 0.3 is 5.97 Å². The summed E-state index contributed by atoms with van der Waals surface area (Å²) in [4.78, 5) is 25.0. The van der Waals surface area contributed by atoms with Gasteiger partial charge < -0.3 is 10.0 Å². The summed E-state index contributed by atoms with van der Waals surface area (Å²) in [7, 11) is 1.74. The summed E-state index contributed by atoms with van der Waals surface area (Å²) >= 11 is 0. The molecule has 0 heterocycles. The molecule has 0 saturated carbocycles. The Morgan fingerprint density at radius 3 is 2.56 bits per heavy atom. The molecule has 0 spiro atoms. The van der Waals surface area contributed by atoms with Crippen LogP contribution in [0.2, 0.25) is 0 Å². The topological polar surface area (TPSA) is 57.6 Å². The third kappa shape index (κ3) is 3.72. The number of carbonyl (C=O) groups excluding carboxylic acids is 1. The smallest absolute Gasteiger partial charge is 0.307 e. The van der Waals surface area contributed by atoms with Gasteiger partial charge in [0.25, 0.3) is 0 Å². The van der Waals surface area contributed by atoms with E-state index in [0.717, 1.165) is 12.8 Å². The zero-order valence-corrected chi connectivity index (χ0v) is 10.8. The second kappa shape index (κ2) is 6.99. The lowest BCUT2D eigenvalue weighted by Gasteiger charge is -2.28. The summed E-state index contributed by atoms with van der Waals surface area (Å²) < 4.78 is 0. The van der Waals surface area contributed by atoms with Crippen LogP contribution < -0.4 is 0 Å². The minimum absolute atomic E-state index is 0.0594. The first-order valence-corrected chi connectivity index (χ1v) is 6.31. The van der Waals surface area contributed by atoms with Crippen LogP contribution in [-0.4, -0.2) is 35.5 Å². The minimum atomic E-state index is -0.878. The normalized spacial score (nSPS) is 22.5. The molecule has 18 heavy (non-hydrogen) atoms. The van der Waals surface area contributed by atoms with E-state index < -0.39 is 17.8 Å². The maximum atomic E-state index is 12.2. The monoisotopic (exact) mass is 251 g/mol. The quantitative estimate of drug-likeness (QED) is 0.581. The lowest BCUT2D eigenvalue weighted by Crippen LogP contribution is -2.40. The first-order chi connectivity index (χ1) is 8.57. The molecule has 1 aliphatic rings. The molecule has 4 heteroatoms. The van der Waals surface area contributed by atoms with Gasteiger partial charge in [-0.1, -0.05) is 18.2 Å². The maximum absolute atomic E-state index is 12.2. The molecular weight excluding hydrogens is 230 g/mol. The molecule has 0 radical (unpaired) electrons. The number of hydrogen-bond donors (Lipinski definition) is 1. The third-order valence-corrected chi connectivity index (χ3v) is 3.34. The van der Waals surface area contributed by atoms with E-state index >= 15 is 0 Å². The van der Waals surface area contributed by atoms with Gasteiger partial charge in [-0.2, -0.15) is 0 Å². The number of amides is 1. The van der Waals surface area contributed by atoms with Gasteiger partial charge in [-0.3, -0.25) is 9.59 Å². The summed E-state index contributed by atoms with van der Waals surface area (Å²) in [5, 5.41) is 9.14. The first kappa shape index (κ1) is 14.5. The summed E-state index contributed by atoms with van der Waals surface area (Å²) in [6.07, 6.45) is 8.28. The predicted molar refractivity (Wildman–Crippen MR) is 70.1 cm³/mol. The van der Waals surface area contributed by atoms with E-state index in [4.69, 9.17) is 5.11 Å². The van der Waals surface area contributed by atoms with Gasteiger partial charge in [0.15, 0.2) is 0 Å². The zero-order valence-electron chi connectivity index (χ0n) is 10.8. The average molecular weight is 251 g/mol. The van der Waals surface area contributed by atoms with Gasteiger partial charge in [0.2, 0.25) is 5.91 Å². The average Bonchev–Trinajstić information content (AvgIpc) is 2.38. The van der Waals surface area contributed by atoms with Crippen LogP contribution in [0.25, 0.3) is 0 Å². The Morgan fingerprint density at radius 1 is 1.39 bits per heavy atom. The SMILES string of the molecule is C=CCCCN(C)C(=O)C1CC=CCC1C(=O)O. The highest BCUT2D eigenvalue weighted by Gasteiger charge is 2.35. The fraction of sp³-hybridized carbons (Fsp3) is 0.571. The Labute approximate surface area is 108 Å². The summed E-state index contributed by atoms with van der Waals surface area (Å²) in [6.45, 7) is 4.29. The second-order valence-electron chi connectivity index (χ2n) is 4.68. The molecule has 0 aromatic rings. The number of unbranched alkanes of at least 4 members (excludes halogenated alkanes) is 1. The fourth-order valence-corrected chi connectivity index (χ4v) is 2.23. The largest absolute Gasteiger partial charge is 0.481 e. The molecule has 0 saturated heterocycles. The highest BCUT2D eigenvalue weighted by Crippen LogP contribution is 2.27. The fourth-order valence-electron chi connectivity index (χ4n) is 2.23. The first-order valence-electron chi connectivity index (χ1n) is 6.31. The highest BCUT2D eigenvalue weighted by molar-refractivity contribution is 5.85. The molecule has 0 aromatic heterocycles. The van der Waals surface area contributed by atoms with E-state index in [0.29, 0.717) is 19.4 Å². The molecular formula is C14H21NO3. The van der Waals surface area contributed by atoms with E-state index in [2.05, 4.69) is 6.58 Å². The minimum Gasteiger partial charge on any atom is -0.481 e. The number of carboxylic acids is 1. The van der Waals surface area contributed by atoms with Crippen molar-refractivity contribution in [2.75, 3.05) is 13.6 Å². The standard InChI is InChI=1S/C14H21NO3/c1-3-4-7-10-15(2)13(16)11-8-5-6-9-12(11)14(17)18/h3,5-6,11-12H,1,4,7-10H2,2H3,(H,17,18). The lowest BCUT2D eigenvalue weighted by atomic mass is 9.82. The lowest BCUT2D eigenvalue weighted by molar-refractivity contribution is -0.150. The van der Waals surface area contributed by atoms with Crippen LogP contribution >= 0.6 is 0 Å².